The molecule has 5 aliphatic rings. The third-order valence-electron chi connectivity index (χ3n) is 15.3. The lowest BCUT2D eigenvalue weighted by Crippen LogP contribution is -2.75. The van der Waals surface area contributed by atoms with E-state index in [-0.39, 0.29) is 147 Å². The SMILES string of the molecule is NCCCCC(NC(=O)C(CO)NC(=O)C1CCNC2C(N3C(=O)CCC3=O)CC3CC(O)C(O)CC3N12)C(=O)NCC(=O)NC(CCCN(O)C=O)C(=O)NC1CCCCNC(=O)C(CO)NC(=O)C(CCCN(O)C=O)NC1=O. The highest BCUT2D eigenvalue weighted by atomic mass is 16.5. The van der Waals surface area contributed by atoms with E-state index in [1.165, 1.54) is 4.90 Å². The maximum absolute atomic E-state index is 14.3. The Labute approximate surface area is 466 Å². The number of unbranched alkanes of at least 4 members (excludes halogenated alkanes) is 1. The van der Waals surface area contributed by atoms with Crippen molar-refractivity contribution in [2.24, 2.45) is 11.7 Å². The zero-order valence-corrected chi connectivity index (χ0v) is 45.1. The van der Waals surface area contributed by atoms with E-state index < -0.39 is 140 Å². The fourth-order valence-corrected chi connectivity index (χ4v) is 11.0. The van der Waals surface area contributed by atoms with Crippen LogP contribution in [-0.2, 0) is 57.5 Å². The van der Waals surface area contributed by atoms with E-state index in [1.807, 2.05) is 0 Å². The lowest BCUT2D eigenvalue weighted by molar-refractivity contribution is -0.164. The van der Waals surface area contributed by atoms with Crippen LogP contribution in [0.3, 0.4) is 0 Å². The summed E-state index contributed by atoms with van der Waals surface area (Å²) in [6.45, 7) is -2.54. The summed E-state index contributed by atoms with van der Waals surface area (Å²) in [5.41, 5.74) is 5.71. The number of hydroxylamine groups is 4. The van der Waals surface area contributed by atoms with Gasteiger partial charge in [-0.15, -0.1) is 0 Å². The van der Waals surface area contributed by atoms with Crippen molar-refractivity contribution in [2.75, 3.05) is 52.5 Å². The van der Waals surface area contributed by atoms with E-state index in [4.69, 9.17) is 5.73 Å². The number of imide groups is 1. The second kappa shape index (κ2) is 32.2. The first-order valence-corrected chi connectivity index (χ1v) is 27.6. The summed E-state index contributed by atoms with van der Waals surface area (Å²) >= 11 is 0. The molecule has 81 heavy (non-hydrogen) atoms. The number of amides is 12. The maximum Gasteiger partial charge on any atom is 0.245 e. The highest BCUT2D eigenvalue weighted by molar-refractivity contribution is 6.02. The lowest BCUT2D eigenvalue weighted by Gasteiger charge is -2.58. The second-order valence-electron chi connectivity index (χ2n) is 20.9. The first-order valence-electron chi connectivity index (χ1n) is 27.6. The van der Waals surface area contributed by atoms with Gasteiger partial charge in [0.25, 0.3) is 0 Å². The number of nitrogens with two attached hydrogens (primary N) is 1. The van der Waals surface area contributed by atoms with Crippen molar-refractivity contribution in [2.45, 2.75) is 175 Å². The molecule has 0 aromatic carbocycles. The van der Waals surface area contributed by atoms with Gasteiger partial charge in [0.05, 0.1) is 50.2 Å². The van der Waals surface area contributed by atoms with Gasteiger partial charge in [0.2, 0.25) is 71.9 Å². The van der Waals surface area contributed by atoms with Gasteiger partial charge in [0.1, 0.15) is 36.3 Å². The Morgan fingerprint density at radius 2 is 1.36 bits per heavy atom. The van der Waals surface area contributed by atoms with Gasteiger partial charge in [-0.05, 0) is 109 Å². The van der Waals surface area contributed by atoms with E-state index >= 15 is 0 Å². The summed E-state index contributed by atoms with van der Waals surface area (Å²) in [6, 6.07) is -10.9. The van der Waals surface area contributed by atoms with Crippen molar-refractivity contribution in [3.63, 3.8) is 0 Å². The number of rotatable bonds is 27. The first-order chi connectivity index (χ1) is 38.7. The largest absolute Gasteiger partial charge is 0.394 e. The number of carbonyl (C=O) groups excluding carboxylic acids is 12. The minimum Gasteiger partial charge on any atom is -0.394 e. The Balaban J connectivity index is 1.26. The Bertz CT molecular complexity index is 2220. The number of aliphatic hydroxyl groups is 4. The van der Waals surface area contributed by atoms with Gasteiger partial charge in [-0.2, -0.15) is 0 Å². The average molecular weight is 1150 g/mol. The van der Waals surface area contributed by atoms with Crippen LogP contribution in [-0.4, -0.2) is 248 Å². The Morgan fingerprint density at radius 3 is 2.02 bits per heavy atom. The van der Waals surface area contributed by atoms with Gasteiger partial charge >= 0.3 is 0 Å². The molecule has 1 aliphatic carbocycles. The zero-order chi connectivity index (χ0) is 59.3. The summed E-state index contributed by atoms with van der Waals surface area (Å²) in [7, 11) is 0. The molecule has 4 saturated heterocycles. The molecule has 13 unspecified atom stereocenters. The molecule has 17 N–H and O–H groups in total. The van der Waals surface area contributed by atoms with E-state index in [0.717, 1.165) is 0 Å². The highest BCUT2D eigenvalue weighted by Gasteiger charge is 2.55. The molecule has 5 rings (SSSR count). The first kappa shape index (κ1) is 65.3. The number of fused-ring (bicyclic) bond motifs is 3. The molecule has 454 valence electrons. The van der Waals surface area contributed by atoms with Gasteiger partial charge in [-0.25, -0.2) is 10.1 Å². The molecule has 5 fully saturated rings. The van der Waals surface area contributed by atoms with Gasteiger partial charge < -0.3 is 68.7 Å². The average Bonchev–Trinajstić information content (AvgIpc) is 3.89. The Hall–Kier alpha value is -6.52. The third-order valence-corrected chi connectivity index (χ3v) is 15.3. The fraction of sp³-hybridized carbons (Fsp3) is 0.755. The summed E-state index contributed by atoms with van der Waals surface area (Å²) in [6.07, 6.45) is -1.41. The molecule has 0 aromatic rings. The van der Waals surface area contributed by atoms with Gasteiger partial charge in [-0.3, -0.25) is 83.1 Å². The highest BCUT2D eigenvalue weighted by Crippen LogP contribution is 2.43. The number of piperidine rings is 1. The maximum atomic E-state index is 14.3. The van der Waals surface area contributed by atoms with E-state index in [0.29, 0.717) is 29.4 Å². The van der Waals surface area contributed by atoms with E-state index in [1.54, 1.807) is 4.90 Å². The van der Waals surface area contributed by atoms with Gasteiger partial charge in [-0.1, -0.05) is 0 Å². The summed E-state index contributed by atoms with van der Waals surface area (Å²) < 4.78 is 0. The molecule has 0 radical (unpaired) electrons. The van der Waals surface area contributed by atoms with Crippen LogP contribution in [0.1, 0.15) is 103 Å². The Morgan fingerprint density at radius 1 is 0.704 bits per heavy atom. The number of nitrogens with zero attached hydrogens (tertiary/aromatic N) is 4. The molecular weight excluding hydrogens is 1070 g/mol. The molecule has 4 aliphatic heterocycles. The van der Waals surface area contributed by atoms with Crippen LogP contribution in [0.4, 0.5) is 0 Å². The number of nitrogens with one attached hydrogen (secondary N) is 9. The predicted molar refractivity (Wildman–Crippen MR) is 276 cm³/mol. The number of hydrogen-bond donors (Lipinski definition) is 16. The zero-order valence-electron chi connectivity index (χ0n) is 45.1. The standard InChI is InChI=1S/C49H80N14O18/c50-14-3-1-7-28(55-48(78)33(24-65)59-49(79)34-13-16-51-42-36(63-40(71)11-12-41(63)72)19-27-20-37(68)38(69)21-35(27)62(34)42)43(73)53-22-39(70)54-29(9-5-17-60(80)25-66)45(75)56-30-8-2-4-15-52-44(74)32(23-64)58-47(77)31(57-46(30)76)10-6-18-61(81)26-67/h25-38,42,51,64-65,68-69,80-81H,1-24,50H2,(H,52,74)(H,53,73)(H,54,70)(H,55,78)(H,56,75)(H,57,76)(H,58,77)(H,59,79). The molecule has 4 heterocycles. The number of carbonyl (C=O) groups is 12. The Kier molecular flexibility index (Phi) is 26.0. The minimum absolute atomic E-state index is 0.0262. The number of likely N-dealkylation sites (tertiary alicyclic amines) is 1. The lowest BCUT2D eigenvalue weighted by atomic mass is 9.72. The van der Waals surface area contributed by atoms with Crippen LogP contribution in [0.5, 0.6) is 0 Å². The van der Waals surface area contributed by atoms with E-state index in [9.17, 15) is 88.4 Å². The topological polar surface area (TPSA) is 473 Å². The third kappa shape index (κ3) is 18.5. The van der Waals surface area contributed by atoms with E-state index in [2.05, 4.69) is 47.9 Å². The van der Waals surface area contributed by atoms with Crippen molar-refractivity contribution in [3.05, 3.63) is 0 Å². The van der Waals surface area contributed by atoms with Crippen LogP contribution in [0.2, 0.25) is 0 Å². The van der Waals surface area contributed by atoms with Crippen molar-refractivity contribution in [3.8, 4) is 0 Å². The van der Waals surface area contributed by atoms with Crippen molar-refractivity contribution in [1.82, 2.24) is 67.8 Å². The van der Waals surface area contributed by atoms with Crippen molar-refractivity contribution >= 4 is 71.9 Å². The summed E-state index contributed by atoms with van der Waals surface area (Å²) in [4.78, 5) is 161. The molecule has 32 heteroatoms. The van der Waals surface area contributed by atoms with Crippen molar-refractivity contribution in [1.29, 1.82) is 0 Å². The molecule has 12 amide bonds. The van der Waals surface area contributed by atoms with Crippen LogP contribution < -0.4 is 53.6 Å². The van der Waals surface area contributed by atoms with Gasteiger partial charge in [0, 0.05) is 38.5 Å². The van der Waals surface area contributed by atoms with Crippen LogP contribution in [0.15, 0.2) is 0 Å². The molecule has 1 saturated carbocycles. The second-order valence-corrected chi connectivity index (χ2v) is 20.9. The van der Waals surface area contributed by atoms with Crippen molar-refractivity contribution < 1.29 is 88.4 Å². The molecule has 0 bridgehead atoms. The molecule has 0 spiro atoms. The summed E-state index contributed by atoms with van der Waals surface area (Å²) in [5.74, 6) is -8.05. The molecule has 13 atom stereocenters. The molecule has 32 nitrogen and oxygen atoms in total. The van der Waals surface area contributed by atoms with Crippen LogP contribution in [0.25, 0.3) is 0 Å². The number of aliphatic hydroxyl groups excluding tert-OH is 4. The normalized spacial score (nSPS) is 27.5. The number of hydrogen-bond acceptors (Lipinski definition) is 21. The quantitative estimate of drug-likeness (QED) is 0.0119. The predicted octanol–water partition coefficient (Wildman–Crippen LogP) is -7.91. The van der Waals surface area contributed by atoms with Gasteiger partial charge in [0.15, 0.2) is 0 Å². The monoisotopic (exact) mass is 1150 g/mol. The molecule has 0 aromatic heterocycles. The smallest absolute Gasteiger partial charge is 0.245 e. The molecular formula is C49H80N14O18. The van der Waals surface area contributed by atoms with Crippen LogP contribution >= 0.6 is 0 Å². The summed E-state index contributed by atoms with van der Waals surface area (Å²) in [5, 5.41) is 85.0. The minimum atomic E-state index is -1.63. The van der Waals surface area contributed by atoms with Crippen LogP contribution in [0, 0.1) is 5.92 Å². The fourth-order valence-electron chi connectivity index (χ4n) is 11.0.